The van der Waals surface area contributed by atoms with Crippen molar-refractivity contribution < 1.29 is 91.6 Å². The molecule has 0 aromatic heterocycles. The van der Waals surface area contributed by atoms with E-state index in [-0.39, 0.29) is 88.1 Å². The minimum atomic E-state index is -0.250. The molecule has 0 rings (SSSR count). The first-order valence-electron chi connectivity index (χ1n) is 0.494. The number of carbonyl (C=O) groups is 1. The van der Waals surface area contributed by atoms with Crippen molar-refractivity contribution in [1.82, 2.24) is 0 Å². The smallest absolute Gasteiger partial charge is 0.290 e. The van der Waals surface area contributed by atoms with Gasteiger partial charge >= 0.3 is 0 Å². The molecule has 4 heteroatoms. The van der Waals surface area contributed by atoms with Crippen molar-refractivity contribution in [3.63, 3.8) is 0 Å². The SMILES string of the molecule is O=CO.[Nd].[Nd]. The van der Waals surface area contributed by atoms with Crippen molar-refractivity contribution in [2.75, 3.05) is 0 Å². The fraction of sp³-hybridized carbons (Fsp3) is 0. The van der Waals surface area contributed by atoms with Crippen LogP contribution in [0.3, 0.4) is 0 Å². The van der Waals surface area contributed by atoms with Crippen LogP contribution in [0.1, 0.15) is 0 Å². The average Bonchev–Trinajstić information content (AvgIpc) is 0.918. The maximum atomic E-state index is 8.36. The largest absolute Gasteiger partial charge is 0.483 e. The van der Waals surface area contributed by atoms with Crippen LogP contribution in [0.25, 0.3) is 0 Å². The van der Waals surface area contributed by atoms with Gasteiger partial charge < -0.3 is 5.11 Å². The fourth-order valence-corrected chi connectivity index (χ4v) is 0. The molecule has 0 spiro atoms. The summed E-state index contributed by atoms with van der Waals surface area (Å²) in [5, 5.41) is 6.89. The Balaban J connectivity index is -0.0000000200. The number of carboxylic acid groups (broad SMARTS) is 1. The van der Waals surface area contributed by atoms with E-state index in [1.807, 2.05) is 0 Å². The Kier molecular flexibility index (Phi) is 51.5. The van der Waals surface area contributed by atoms with Crippen molar-refractivity contribution in [3.05, 3.63) is 0 Å². The van der Waals surface area contributed by atoms with Crippen molar-refractivity contribution in [2.24, 2.45) is 0 Å². The van der Waals surface area contributed by atoms with E-state index in [1.165, 1.54) is 0 Å². The summed E-state index contributed by atoms with van der Waals surface area (Å²) in [6.07, 6.45) is 0. The van der Waals surface area contributed by atoms with Crippen molar-refractivity contribution >= 4 is 6.47 Å². The Morgan fingerprint density at radius 2 is 1.40 bits per heavy atom. The van der Waals surface area contributed by atoms with E-state index in [0.29, 0.717) is 0 Å². The second-order valence-corrected chi connectivity index (χ2v) is 0.105. The Morgan fingerprint density at radius 1 is 1.40 bits per heavy atom. The quantitative estimate of drug-likeness (QED) is 0.618. The first-order chi connectivity index (χ1) is 1.41. The number of hydrogen-bond acceptors (Lipinski definition) is 1. The molecule has 0 aliphatic heterocycles. The molecule has 1 N–H and O–H groups in total. The maximum absolute atomic E-state index is 8.36. The van der Waals surface area contributed by atoms with Crippen molar-refractivity contribution in [2.45, 2.75) is 0 Å². The molecule has 2 nitrogen and oxygen atoms in total. The van der Waals surface area contributed by atoms with Crippen LogP contribution in [0.2, 0.25) is 0 Å². The molecule has 0 aliphatic rings. The van der Waals surface area contributed by atoms with Gasteiger partial charge in [0, 0.05) is 81.7 Å². The fourth-order valence-electron chi connectivity index (χ4n) is 0. The molecular formula is CH2Nd2O2. The van der Waals surface area contributed by atoms with E-state index in [1.54, 1.807) is 0 Å². The molecule has 0 fully saturated rings. The average molecular weight is 335 g/mol. The zero-order valence-corrected chi connectivity index (χ0v) is 8.85. The van der Waals surface area contributed by atoms with Gasteiger partial charge in [-0.2, -0.15) is 0 Å². The molecule has 0 aromatic carbocycles. The summed E-state index contributed by atoms with van der Waals surface area (Å²) in [5.41, 5.74) is 0. The van der Waals surface area contributed by atoms with Gasteiger partial charge in [0.1, 0.15) is 0 Å². The third-order valence-corrected chi connectivity index (χ3v) is 0. The molecule has 0 bridgehead atoms. The van der Waals surface area contributed by atoms with E-state index in [0.717, 1.165) is 0 Å². The molecule has 0 saturated carbocycles. The monoisotopic (exact) mass is 330 g/mol. The molecule has 26 valence electrons. The van der Waals surface area contributed by atoms with Crippen LogP contribution in [-0.4, -0.2) is 11.6 Å². The maximum Gasteiger partial charge on any atom is 0.290 e. The van der Waals surface area contributed by atoms with Crippen LogP contribution in [0, 0.1) is 81.7 Å². The van der Waals surface area contributed by atoms with Gasteiger partial charge in [-0.1, -0.05) is 0 Å². The summed E-state index contributed by atoms with van der Waals surface area (Å²) in [7, 11) is 0. The minimum Gasteiger partial charge on any atom is -0.483 e. The molecule has 0 aromatic rings. The van der Waals surface area contributed by atoms with Crippen LogP contribution in [0.15, 0.2) is 0 Å². The van der Waals surface area contributed by atoms with E-state index >= 15 is 0 Å². The Bertz CT molecular complexity index is 15.1. The Labute approximate surface area is 95.8 Å². The second-order valence-electron chi connectivity index (χ2n) is 0.105. The van der Waals surface area contributed by atoms with Gasteiger partial charge in [0.2, 0.25) is 0 Å². The van der Waals surface area contributed by atoms with Crippen LogP contribution in [0.4, 0.5) is 0 Å². The molecule has 0 amide bonds. The predicted molar refractivity (Wildman–Crippen MR) is 8.69 cm³/mol. The normalized spacial score (nSPS) is 2.40. The summed E-state index contributed by atoms with van der Waals surface area (Å²) in [6, 6.07) is 0. The van der Waals surface area contributed by atoms with Gasteiger partial charge in [0.05, 0.1) is 0 Å². The van der Waals surface area contributed by atoms with E-state index in [2.05, 4.69) is 0 Å². The first-order valence-corrected chi connectivity index (χ1v) is 0.494. The third-order valence-electron chi connectivity index (χ3n) is 0. The van der Waals surface area contributed by atoms with Crippen molar-refractivity contribution in [3.8, 4) is 0 Å². The van der Waals surface area contributed by atoms with Crippen LogP contribution in [-0.2, 0) is 4.79 Å². The number of hydrogen-bond donors (Lipinski definition) is 1. The summed E-state index contributed by atoms with van der Waals surface area (Å²) in [6.45, 7) is -0.250. The zero-order valence-electron chi connectivity index (χ0n) is 2.43. The molecule has 0 radical (unpaired) electrons. The first kappa shape index (κ1) is 15.7. The summed E-state index contributed by atoms with van der Waals surface area (Å²) in [5.74, 6) is 0. The molecular weight excluding hydrogens is 332 g/mol. The molecule has 0 saturated heterocycles. The molecule has 0 atom stereocenters. The summed E-state index contributed by atoms with van der Waals surface area (Å²) >= 11 is 0. The predicted octanol–water partition coefficient (Wildman–Crippen LogP) is -0.299. The standard InChI is InChI=1S/CH2O2.2Nd/c2-1-3;;/h1H,(H,2,3);;. The Morgan fingerprint density at radius 3 is 1.40 bits per heavy atom. The summed E-state index contributed by atoms with van der Waals surface area (Å²) in [4.78, 5) is 8.36. The summed E-state index contributed by atoms with van der Waals surface area (Å²) < 4.78 is 0. The molecule has 0 heterocycles. The van der Waals surface area contributed by atoms with E-state index < -0.39 is 0 Å². The molecule has 0 aliphatic carbocycles. The second kappa shape index (κ2) is 16.4. The minimum absolute atomic E-state index is 0. The van der Waals surface area contributed by atoms with Crippen LogP contribution >= 0.6 is 0 Å². The van der Waals surface area contributed by atoms with Gasteiger partial charge in [-0.15, -0.1) is 0 Å². The Hall–Kier alpha value is 2.17. The van der Waals surface area contributed by atoms with Gasteiger partial charge in [0.15, 0.2) is 0 Å². The van der Waals surface area contributed by atoms with Gasteiger partial charge in [0.25, 0.3) is 6.47 Å². The van der Waals surface area contributed by atoms with Crippen LogP contribution < -0.4 is 0 Å². The third kappa shape index (κ3) is 22.8. The van der Waals surface area contributed by atoms with Crippen molar-refractivity contribution in [1.29, 1.82) is 0 Å². The van der Waals surface area contributed by atoms with Gasteiger partial charge in [-0.05, 0) is 0 Å². The topological polar surface area (TPSA) is 37.3 Å². The van der Waals surface area contributed by atoms with Gasteiger partial charge in [-0.3, -0.25) is 4.79 Å². The molecule has 0 unspecified atom stereocenters. The van der Waals surface area contributed by atoms with Gasteiger partial charge in [-0.25, -0.2) is 0 Å². The van der Waals surface area contributed by atoms with E-state index in [4.69, 9.17) is 9.90 Å². The number of rotatable bonds is 0. The van der Waals surface area contributed by atoms with Crippen LogP contribution in [0.5, 0.6) is 0 Å². The zero-order chi connectivity index (χ0) is 2.71. The van der Waals surface area contributed by atoms with E-state index in [9.17, 15) is 0 Å². The molecule has 5 heavy (non-hydrogen) atoms.